The third-order valence-electron chi connectivity index (χ3n) is 4.48. The fourth-order valence-electron chi connectivity index (χ4n) is 2.77. The first-order valence-corrected chi connectivity index (χ1v) is 9.27. The highest BCUT2D eigenvalue weighted by Gasteiger charge is 2.16. The first kappa shape index (κ1) is 20.8. The molecule has 0 spiro atoms. The summed E-state index contributed by atoms with van der Waals surface area (Å²) >= 11 is 0. The quantitative estimate of drug-likeness (QED) is 0.343. The van der Waals surface area contributed by atoms with Crippen molar-refractivity contribution in [3.8, 4) is 11.3 Å². The molecule has 1 heterocycles. The van der Waals surface area contributed by atoms with Gasteiger partial charge in [-0.3, -0.25) is 14.9 Å². The molecule has 0 fully saturated rings. The molecule has 3 rings (SSSR count). The maximum Gasteiger partial charge on any atom is 0.374 e. The van der Waals surface area contributed by atoms with E-state index in [1.54, 1.807) is 6.07 Å². The zero-order valence-corrected chi connectivity index (χ0v) is 16.2. The predicted molar refractivity (Wildman–Crippen MR) is 109 cm³/mol. The number of furan rings is 1. The van der Waals surface area contributed by atoms with Crippen molar-refractivity contribution in [3.63, 3.8) is 0 Å². The van der Waals surface area contributed by atoms with E-state index in [0.29, 0.717) is 17.9 Å². The molecule has 2 aromatic carbocycles. The Bertz CT molecular complexity index is 1030. The van der Waals surface area contributed by atoms with E-state index in [9.17, 15) is 19.7 Å². The van der Waals surface area contributed by atoms with Crippen LogP contribution in [-0.4, -0.2) is 30.0 Å². The second kappa shape index (κ2) is 9.51. The van der Waals surface area contributed by atoms with E-state index in [1.165, 1.54) is 30.3 Å². The van der Waals surface area contributed by atoms with Crippen LogP contribution in [0.1, 0.15) is 29.0 Å². The lowest BCUT2D eigenvalue weighted by atomic mass is 10.0. The molecule has 0 aliphatic carbocycles. The summed E-state index contributed by atoms with van der Waals surface area (Å²) in [5, 5.41) is 13.4. The number of nitrogens with one attached hydrogen (secondary N) is 1. The number of carbonyl (C=O) groups is 2. The zero-order valence-electron chi connectivity index (χ0n) is 16.2. The number of nitro groups is 1. The molecule has 8 nitrogen and oxygen atoms in total. The summed E-state index contributed by atoms with van der Waals surface area (Å²) in [6, 6.07) is 18.5. The Labute approximate surface area is 172 Å². The zero-order chi connectivity index (χ0) is 21.5. The minimum atomic E-state index is -0.769. The van der Waals surface area contributed by atoms with Crippen molar-refractivity contribution < 1.29 is 23.7 Å². The Balaban J connectivity index is 1.49. The second-order valence-electron chi connectivity index (χ2n) is 6.66. The number of nitro benzene ring substituents is 1. The molecular formula is C22H20N2O6. The van der Waals surface area contributed by atoms with Crippen molar-refractivity contribution in [3.05, 3.63) is 88.2 Å². The van der Waals surface area contributed by atoms with Gasteiger partial charge in [0.05, 0.1) is 4.92 Å². The molecule has 0 radical (unpaired) electrons. The average Bonchev–Trinajstić information content (AvgIpc) is 3.27. The van der Waals surface area contributed by atoms with Gasteiger partial charge >= 0.3 is 5.97 Å². The minimum Gasteiger partial charge on any atom is -0.450 e. The standard InChI is InChI=1S/C22H20N2O6/c1-15(16-5-3-2-4-6-16)13-23-21(25)14-29-22(26)20-12-11-19(30-20)17-7-9-18(10-8-17)24(27)28/h2-12,15H,13-14H2,1H3,(H,23,25)/t15-/m1/s1. The highest BCUT2D eigenvalue weighted by Crippen LogP contribution is 2.24. The number of hydrogen-bond donors (Lipinski definition) is 1. The van der Waals surface area contributed by atoms with E-state index in [-0.39, 0.29) is 17.4 Å². The Morgan fingerprint density at radius 2 is 1.77 bits per heavy atom. The predicted octanol–water partition coefficient (Wildman–Crippen LogP) is 3.93. The fraction of sp³-hybridized carbons (Fsp3) is 0.182. The van der Waals surface area contributed by atoms with Gasteiger partial charge in [0, 0.05) is 24.2 Å². The maximum atomic E-state index is 12.1. The number of hydrogen-bond acceptors (Lipinski definition) is 6. The lowest BCUT2D eigenvalue weighted by Crippen LogP contribution is -2.31. The topological polar surface area (TPSA) is 112 Å². The normalized spacial score (nSPS) is 11.5. The molecule has 3 aromatic rings. The lowest BCUT2D eigenvalue weighted by Gasteiger charge is -2.13. The number of amides is 1. The van der Waals surface area contributed by atoms with Gasteiger partial charge in [-0.25, -0.2) is 4.79 Å². The van der Waals surface area contributed by atoms with Crippen molar-refractivity contribution in [1.82, 2.24) is 5.32 Å². The monoisotopic (exact) mass is 408 g/mol. The van der Waals surface area contributed by atoms with Crippen LogP contribution in [0.25, 0.3) is 11.3 Å². The largest absolute Gasteiger partial charge is 0.450 e. The Morgan fingerprint density at radius 1 is 1.07 bits per heavy atom. The second-order valence-corrected chi connectivity index (χ2v) is 6.66. The van der Waals surface area contributed by atoms with Crippen LogP contribution < -0.4 is 5.32 Å². The molecule has 0 aliphatic rings. The van der Waals surface area contributed by atoms with Crippen molar-refractivity contribution in [2.45, 2.75) is 12.8 Å². The smallest absolute Gasteiger partial charge is 0.374 e. The van der Waals surface area contributed by atoms with E-state index >= 15 is 0 Å². The number of rotatable bonds is 8. The number of benzene rings is 2. The first-order valence-electron chi connectivity index (χ1n) is 9.27. The summed E-state index contributed by atoms with van der Waals surface area (Å²) in [5.74, 6) is -0.755. The molecule has 1 N–H and O–H groups in total. The number of ether oxygens (including phenoxy) is 1. The van der Waals surface area contributed by atoms with Crippen LogP contribution in [0, 0.1) is 10.1 Å². The van der Waals surface area contributed by atoms with Gasteiger partial charge in [-0.05, 0) is 35.7 Å². The van der Waals surface area contributed by atoms with Crippen LogP contribution >= 0.6 is 0 Å². The highest BCUT2D eigenvalue weighted by atomic mass is 16.6. The van der Waals surface area contributed by atoms with Crippen molar-refractivity contribution in [2.24, 2.45) is 0 Å². The van der Waals surface area contributed by atoms with E-state index in [2.05, 4.69) is 5.32 Å². The van der Waals surface area contributed by atoms with Crippen LogP contribution in [0.2, 0.25) is 0 Å². The van der Waals surface area contributed by atoms with Crippen LogP contribution in [0.5, 0.6) is 0 Å². The van der Waals surface area contributed by atoms with Gasteiger partial charge in [0.2, 0.25) is 5.76 Å². The van der Waals surface area contributed by atoms with Crippen LogP contribution in [0.3, 0.4) is 0 Å². The van der Waals surface area contributed by atoms with Crippen molar-refractivity contribution in [2.75, 3.05) is 13.2 Å². The van der Waals surface area contributed by atoms with Crippen LogP contribution in [0.4, 0.5) is 5.69 Å². The summed E-state index contributed by atoms with van der Waals surface area (Å²) in [6.45, 7) is 1.99. The molecule has 0 aliphatic heterocycles. The van der Waals surface area contributed by atoms with Gasteiger partial charge in [-0.15, -0.1) is 0 Å². The number of carbonyl (C=O) groups excluding carboxylic acids is 2. The van der Waals surface area contributed by atoms with Crippen LogP contribution in [0.15, 0.2) is 71.1 Å². The lowest BCUT2D eigenvalue weighted by molar-refractivity contribution is -0.384. The van der Waals surface area contributed by atoms with Gasteiger partial charge in [0.1, 0.15) is 5.76 Å². The minimum absolute atomic E-state index is 0.0439. The molecule has 0 unspecified atom stereocenters. The Morgan fingerprint density at radius 3 is 2.43 bits per heavy atom. The van der Waals surface area contributed by atoms with Crippen molar-refractivity contribution in [1.29, 1.82) is 0 Å². The summed E-state index contributed by atoms with van der Waals surface area (Å²) in [6.07, 6.45) is 0. The molecule has 0 bridgehead atoms. The molecule has 1 aromatic heterocycles. The summed E-state index contributed by atoms with van der Waals surface area (Å²) in [4.78, 5) is 34.3. The van der Waals surface area contributed by atoms with Gasteiger partial charge in [-0.1, -0.05) is 37.3 Å². The van der Waals surface area contributed by atoms with Gasteiger partial charge < -0.3 is 14.5 Å². The first-order chi connectivity index (χ1) is 14.4. The number of esters is 1. The molecule has 0 saturated heterocycles. The van der Waals surface area contributed by atoms with E-state index in [0.717, 1.165) is 5.56 Å². The Hall–Kier alpha value is -3.94. The maximum absolute atomic E-state index is 12.1. The summed E-state index contributed by atoms with van der Waals surface area (Å²) in [7, 11) is 0. The van der Waals surface area contributed by atoms with Crippen LogP contribution in [-0.2, 0) is 9.53 Å². The Kier molecular flexibility index (Phi) is 6.59. The van der Waals surface area contributed by atoms with Crippen molar-refractivity contribution >= 4 is 17.6 Å². The fourth-order valence-corrected chi connectivity index (χ4v) is 2.77. The third kappa shape index (κ3) is 5.32. The molecule has 154 valence electrons. The average molecular weight is 408 g/mol. The number of non-ortho nitro benzene ring substituents is 1. The molecule has 8 heteroatoms. The molecule has 0 saturated carbocycles. The summed E-state index contributed by atoms with van der Waals surface area (Å²) < 4.78 is 10.4. The molecule has 1 atom stereocenters. The van der Waals surface area contributed by atoms with Gasteiger partial charge in [-0.2, -0.15) is 0 Å². The van der Waals surface area contributed by atoms with E-state index in [1.807, 2.05) is 37.3 Å². The highest BCUT2D eigenvalue weighted by molar-refractivity contribution is 5.89. The van der Waals surface area contributed by atoms with Gasteiger partial charge in [0.25, 0.3) is 11.6 Å². The van der Waals surface area contributed by atoms with E-state index in [4.69, 9.17) is 9.15 Å². The molecule has 1 amide bonds. The molecular weight excluding hydrogens is 388 g/mol. The van der Waals surface area contributed by atoms with Gasteiger partial charge in [0.15, 0.2) is 6.61 Å². The summed E-state index contributed by atoms with van der Waals surface area (Å²) in [5.41, 5.74) is 1.63. The number of nitrogens with zero attached hydrogens (tertiary/aromatic N) is 1. The third-order valence-corrected chi connectivity index (χ3v) is 4.48. The molecule has 30 heavy (non-hydrogen) atoms. The van der Waals surface area contributed by atoms with E-state index < -0.39 is 23.4 Å². The SMILES string of the molecule is C[C@H](CNC(=O)COC(=O)c1ccc(-c2ccc([N+](=O)[O-])cc2)o1)c1ccccc1.